The van der Waals surface area contributed by atoms with Crippen molar-refractivity contribution in [1.82, 2.24) is 10.2 Å². The zero-order chi connectivity index (χ0) is 19.6. The first kappa shape index (κ1) is 19.4. The first-order chi connectivity index (χ1) is 12.8. The fourth-order valence-corrected chi connectivity index (χ4v) is 3.88. The Morgan fingerprint density at radius 1 is 1.26 bits per heavy atom. The number of carbonyl (C=O) groups excluding carboxylic acids is 2. The topological polar surface area (TPSA) is 49.4 Å². The van der Waals surface area contributed by atoms with Crippen LogP contribution in [0, 0.1) is 0 Å². The van der Waals surface area contributed by atoms with Crippen LogP contribution in [0.15, 0.2) is 41.8 Å². The lowest BCUT2D eigenvalue weighted by molar-refractivity contribution is -0.137. The molecule has 1 saturated heterocycles. The van der Waals surface area contributed by atoms with Crippen LogP contribution in [-0.2, 0) is 11.0 Å². The van der Waals surface area contributed by atoms with Gasteiger partial charge in [-0.3, -0.25) is 9.59 Å². The maximum Gasteiger partial charge on any atom is 0.416 e. The Balaban J connectivity index is 1.70. The molecule has 2 unspecified atom stereocenters. The number of alkyl halides is 3. The molecule has 1 fully saturated rings. The Morgan fingerprint density at radius 2 is 2.04 bits per heavy atom. The van der Waals surface area contributed by atoms with Gasteiger partial charge in [0.2, 0.25) is 5.91 Å². The van der Waals surface area contributed by atoms with Crippen molar-refractivity contribution in [3.8, 4) is 0 Å². The zero-order valence-electron chi connectivity index (χ0n) is 14.6. The quantitative estimate of drug-likeness (QED) is 0.840. The van der Waals surface area contributed by atoms with Crippen LogP contribution in [0.2, 0.25) is 0 Å². The van der Waals surface area contributed by atoms with Crippen LogP contribution in [0.4, 0.5) is 13.2 Å². The van der Waals surface area contributed by atoms with E-state index < -0.39 is 23.8 Å². The molecule has 0 saturated carbocycles. The van der Waals surface area contributed by atoms with E-state index in [1.807, 2.05) is 0 Å². The molecule has 0 bridgehead atoms. The highest BCUT2D eigenvalue weighted by Crippen LogP contribution is 2.31. The average molecular weight is 396 g/mol. The Kier molecular flexibility index (Phi) is 5.55. The van der Waals surface area contributed by atoms with Crippen molar-refractivity contribution >= 4 is 23.2 Å². The fourth-order valence-electron chi connectivity index (χ4n) is 3.20. The highest BCUT2D eigenvalue weighted by Gasteiger charge is 2.36. The van der Waals surface area contributed by atoms with Crippen LogP contribution >= 0.6 is 11.3 Å². The van der Waals surface area contributed by atoms with E-state index in [2.05, 4.69) is 5.32 Å². The number of rotatable bonds is 4. The van der Waals surface area contributed by atoms with Crippen molar-refractivity contribution in [2.75, 3.05) is 6.54 Å². The molecule has 2 heterocycles. The summed E-state index contributed by atoms with van der Waals surface area (Å²) >= 11 is 1.32. The van der Waals surface area contributed by atoms with Crippen LogP contribution in [0.1, 0.15) is 46.6 Å². The van der Waals surface area contributed by atoms with Gasteiger partial charge in [-0.25, -0.2) is 0 Å². The Morgan fingerprint density at radius 3 is 2.70 bits per heavy atom. The van der Waals surface area contributed by atoms with Gasteiger partial charge in [0.25, 0.3) is 5.91 Å². The van der Waals surface area contributed by atoms with Crippen LogP contribution in [0.25, 0.3) is 0 Å². The molecule has 2 atom stereocenters. The number of nitrogens with zero attached hydrogens (tertiary/aromatic N) is 1. The highest BCUT2D eigenvalue weighted by atomic mass is 32.1. The molecule has 144 valence electrons. The van der Waals surface area contributed by atoms with Gasteiger partial charge in [-0.1, -0.05) is 18.2 Å². The van der Waals surface area contributed by atoms with Crippen molar-refractivity contribution < 1.29 is 22.8 Å². The fraction of sp³-hybridized carbons (Fsp3) is 0.368. The molecule has 0 radical (unpaired) electrons. The minimum atomic E-state index is -4.44. The van der Waals surface area contributed by atoms with Gasteiger partial charge in [0, 0.05) is 6.54 Å². The average Bonchev–Trinajstić information content (AvgIpc) is 3.32. The smallest absolute Gasteiger partial charge is 0.348 e. The Bertz CT molecular complexity index is 821. The monoisotopic (exact) mass is 396 g/mol. The number of hydrogen-bond acceptors (Lipinski definition) is 3. The molecule has 3 rings (SSSR count). The van der Waals surface area contributed by atoms with Gasteiger partial charge in [-0.2, -0.15) is 13.2 Å². The van der Waals surface area contributed by atoms with E-state index in [0.29, 0.717) is 29.8 Å². The van der Waals surface area contributed by atoms with E-state index in [4.69, 9.17) is 0 Å². The summed E-state index contributed by atoms with van der Waals surface area (Å²) in [5.74, 6) is -0.531. The van der Waals surface area contributed by atoms with Crippen LogP contribution < -0.4 is 5.32 Å². The number of hydrogen-bond donors (Lipinski definition) is 1. The van der Waals surface area contributed by atoms with Gasteiger partial charge in [0.15, 0.2) is 0 Å². The predicted molar refractivity (Wildman–Crippen MR) is 96.4 cm³/mol. The summed E-state index contributed by atoms with van der Waals surface area (Å²) in [6.45, 7) is 2.13. The first-order valence-corrected chi connectivity index (χ1v) is 9.47. The Labute approximate surface area is 159 Å². The summed E-state index contributed by atoms with van der Waals surface area (Å²) in [6.07, 6.45) is -3.18. The predicted octanol–water partition coefficient (Wildman–Crippen LogP) is 4.25. The molecule has 1 N–H and O–H groups in total. The van der Waals surface area contributed by atoms with Gasteiger partial charge in [-0.05, 0) is 48.9 Å². The van der Waals surface area contributed by atoms with Crippen molar-refractivity contribution in [3.05, 3.63) is 57.8 Å². The molecule has 1 aromatic carbocycles. The van der Waals surface area contributed by atoms with Crippen LogP contribution in [0.3, 0.4) is 0 Å². The number of likely N-dealkylation sites (tertiary alicyclic amines) is 1. The summed E-state index contributed by atoms with van der Waals surface area (Å²) < 4.78 is 38.7. The normalized spacial score (nSPS) is 18.4. The van der Waals surface area contributed by atoms with E-state index in [-0.39, 0.29) is 11.8 Å². The molecule has 0 aliphatic carbocycles. The molecule has 2 aromatic rings. The number of thiophene rings is 1. The minimum absolute atomic E-state index is 0.186. The molecule has 1 aliphatic rings. The standard InChI is InChI=1S/C19H19F3N2O2S/c1-12(13-5-2-6-14(11-13)19(20,21)22)23-17(25)15-7-3-9-24(15)18(26)16-8-4-10-27-16/h2,4-6,8,10-12,15H,3,7,9H2,1H3,(H,23,25). The van der Waals surface area contributed by atoms with E-state index in [9.17, 15) is 22.8 Å². The van der Waals surface area contributed by atoms with Crippen LogP contribution in [0.5, 0.6) is 0 Å². The third-order valence-corrected chi connectivity index (χ3v) is 5.48. The van der Waals surface area contributed by atoms with Gasteiger partial charge < -0.3 is 10.2 Å². The Hall–Kier alpha value is -2.35. The maximum absolute atomic E-state index is 12.9. The van der Waals surface area contributed by atoms with Gasteiger partial charge in [0.05, 0.1) is 16.5 Å². The largest absolute Gasteiger partial charge is 0.416 e. The second-order valence-electron chi connectivity index (χ2n) is 6.49. The second kappa shape index (κ2) is 7.72. The lowest BCUT2D eigenvalue weighted by Gasteiger charge is -2.25. The van der Waals surface area contributed by atoms with Gasteiger partial charge in [-0.15, -0.1) is 11.3 Å². The molecular weight excluding hydrogens is 377 g/mol. The summed E-state index contributed by atoms with van der Waals surface area (Å²) in [5.41, 5.74) is -0.385. The van der Waals surface area contributed by atoms with E-state index >= 15 is 0 Å². The number of carbonyl (C=O) groups is 2. The molecule has 8 heteroatoms. The number of benzene rings is 1. The van der Waals surface area contributed by atoms with Crippen molar-refractivity contribution in [1.29, 1.82) is 0 Å². The first-order valence-electron chi connectivity index (χ1n) is 8.59. The SMILES string of the molecule is CC(NC(=O)C1CCCN1C(=O)c1cccs1)c1cccc(C(F)(F)F)c1. The number of amides is 2. The molecule has 1 aromatic heterocycles. The minimum Gasteiger partial charge on any atom is -0.348 e. The van der Waals surface area contributed by atoms with Gasteiger partial charge in [0.1, 0.15) is 6.04 Å². The zero-order valence-corrected chi connectivity index (χ0v) is 15.4. The molecule has 2 amide bonds. The summed E-state index contributed by atoms with van der Waals surface area (Å²) in [7, 11) is 0. The van der Waals surface area contributed by atoms with Gasteiger partial charge >= 0.3 is 6.18 Å². The highest BCUT2D eigenvalue weighted by molar-refractivity contribution is 7.12. The number of nitrogens with one attached hydrogen (secondary N) is 1. The number of halogens is 3. The third-order valence-electron chi connectivity index (χ3n) is 4.62. The molecular formula is C19H19F3N2O2S. The van der Waals surface area contributed by atoms with E-state index in [1.165, 1.54) is 17.4 Å². The van der Waals surface area contributed by atoms with E-state index in [0.717, 1.165) is 12.1 Å². The summed E-state index contributed by atoms with van der Waals surface area (Å²) in [6, 6.07) is 7.19. The summed E-state index contributed by atoms with van der Waals surface area (Å²) in [5, 5.41) is 4.55. The van der Waals surface area contributed by atoms with Crippen molar-refractivity contribution in [3.63, 3.8) is 0 Å². The molecule has 0 spiro atoms. The summed E-state index contributed by atoms with van der Waals surface area (Å²) in [4.78, 5) is 27.3. The van der Waals surface area contributed by atoms with E-state index in [1.54, 1.807) is 35.4 Å². The molecule has 1 aliphatic heterocycles. The lowest BCUT2D eigenvalue weighted by atomic mass is 10.0. The van der Waals surface area contributed by atoms with Crippen molar-refractivity contribution in [2.24, 2.45) is 0 Å². The third kappa shape index (κ3) is 4.32. The van der Waals surface area contributed by atoms with Crippen LogP contribution in [-0.4, -0.2) is 29.3 Å². The molecule has 27 heavy (non-hydrogen) atoms. The molecule has 4 nitrogen and oxygen atoms in total. The second-order valence-corrected chi connectivity index (χ2v) is 7.44. The lowest BCUT2D eigenvalue weighted by Crippen LogP contribution is -2.46. The maximum atomic E-state index is 12.9. The van der Waals surface area contributed by atoms with Crippen molar-refractivity contribution in [2.45, 2.75) is 38.0 Å².